The molecule has 2 fully saturated rings. The molecule has 0 N–H and O–H groups in total. The number of carbonyl (C=O) groups excluding carboxylic acids is 1. The molecule has 27 heavy (non-hydrogen) atoms. The van der Waals surface area contributed by atoms with Gasteiger partial charge in [-0.2, -0.15) is 5.10 Å². The predicted molar refractivity (Wildman–Crippen MR) is 99.4 cm³/mol. The van der Waals surface area contributed by atoms with Gasteiger partial charge in [0.15, 0.2) is 9.84 Å². The summed E-state index contributed by atoms with van der Waals surface area (Å²) in [6, 6.07) is 7.11. The Morgan fingerprint density at radius 3 is 2.70 bits per heavy atom. The number of carbonyl (C=O) groups is 1. The van der Waals surface area contributed by atoms with Gasteiger partial charge in [-0.15, -0.1) is 0 Å². The molecule has 1 amide bonds. The topological polar surface area (TPSA) is 88.4 Å². The Bertz CT molecular complexity index is 885. The molecule has 4 heterocycles. The molecule has 9 heteroatoms. The minimum absolute atomic E-state index is 0.00455. The summed E-state index contributed by atoms with van der Waals surface area (Å²) in [4.78, 5) is 21.1. The van der Waals surface area contributed by atoms with E-state index in [2.05, 4.69) is 15.0 Å². The number of aromatic nitrogens is 3. The van der Waals surface area contributed by atoms with Crippen LogP contribution in [0.25, 0.3) is 0 Å². The van der Waals surface area contributed by atoms with Gasteiger partial charge in [0.2, 0.25) is 5.91 Å². The van der Waals surface area contributed by atoms with Gasteiger partial charge in [-0.1, -0.05) is 6.07 Å². The fourth-order valence-electron chi connectivity index (χ4n) is 4.02. The summed E-state index contributed by atoms with van der Waals surface area (Å²) in [7, 11) is -3.15. The summed E-state index contributed by atoms with van der Waals surface area (Å²) in [5, 5.41) is 4.12. The molecule has 8 nitrogen and oxygen atoms in total. The Balaban J connectivity index is 1.47. The van der Waals surface area contributed by atoms with E-state index < -0.39 is 9.84 Å². The number of hydrogen-bond acceptors (Lipinski definition) is 6. The molecular weight excluding hydrogens is 366 g/mol. The molecule has 0 saturated carbocycles. The van der Waals surface area contributed by atoms with Gasteiger partial charge in [-0.3, -0.25) is 19.4 Å². The van der Waals surface area contributed by atoms with E-state index in [9.17, 15) is 13.2 Å². The van der Waals surface area contributed by atoms with E-state index in [1.54, 1.807) is 22.0 Å². The first kappa shape index (κ1) is 18.1. The minimum atomic E-state index is -3.15. The summed E-state index contributed by atoms with van der Waals surface area (Å²) in [6.45, 7) is 2.30. The van der Waals surface area contributed by atoms with Gasteiger partial charge in [-0.25, -0.2) is 8.42 Å². The van der Waals surface area contributed by atoms with E-state index in [4.69, 9.17) is 0 Å². The molecule has 4 rings (SSSR count). The van der Waals surface area contributed by atoms with Crippen LogP contribution in [0.1, 0.15) is 12.1 Å². The maximum atomic E-state index is 12.8. The van der Waals surface area contributed by atoms with E-state index >= 15 is 0 Å². The van der Waals surface area contributed by atoms with Gasteiger partial charge >= 0.3 is 0 Å². The fraction of sp³-hybridized carbons (Fsp3) is 0.500. The van der Waals surface area contributed by atoms with E-state index in [-0.39, 0.29) is 29.5 Å². The number of fused-ring (bicyclic) bond motifs is 1. The molecule has 2 atom stereocenters. The Labute approximate surface area is 158 Å². The first-order valence-electron chi connectivity index (χ1n) is 9.13. The summed E-state index contributed by atoms with van der Waals surface area (Å²) in [6.07, 6.45) is 5.57. The normalized spacial score (nSPS) is 24.7. The number of pyridine rings is 1. The molecule has 2 aromatic rings. The van der Waals surface area contributed by atoms with Gasteiger partial charge in [0.25, 0.3) is 0 Å². The molecular formula is C18H23N5O3S. The van der Waals surface area contributed by atoms with Gasteiger partial charge in [0.1, 0.15) is 0 Å². The van der Waals surface area contributed by atoms with Gasteiger partial charge in [0.05, 0.1) is 23.2 Å². The lowest BCUT2D eigenvalue weighted by Crippen LogP contribution is -2.60. The van der Waals surface area contributed by atoms with Gasteiger partial charge < -0.3 is 4.90 Å². The van der Waals surface area contributed by atoms with E-state index in [0.717, 1.165) is 5.69 Å². The number of aryl methyl sites for hydroxylation is 1. The highest BCUT2D eigenvalue weighted by Crippen LogP contribution is 2.28. The van der Waals surface area contributed by atoms with Crippen LogP contribution < -0.4 is 0 Å². The Hall–Kier alpha value is -2.26. The first-order chi connectivity index (χ1) is 13.0. The molecule has 0 aromatic carbocycles. The van der Waals surface area contributed by atoms with Crippen LogP contribution in [-0.2, 0) is 27.7 Å². The zero-order valence-corrected chi connectivity index (χ0v) is 15.8. The average Bonchev–Trinajstić information content (AvgIpc) is 3.27. The largest absolute Gasteiger partial charge is 0.336 e. The average molecular weight is 389 g/mol. The Morgan fingerprint density at radius 1 is 1.11 bits per heavy atom. The number of sulfone groups is 1. The number of nitrogens with zero attached hydrogens (tertiary/aromatic N) is 5. The van der Waals surface area contributed by atoms with E-state index in [1.165, 1.54) is 0 Å². The maximum absolute atomic E-state index is 12.8. The lowest BCUT2D eigenvalue weighted by molar-refractivity contribution is -0.137. The molecule has 2 unspecified atom stereocenters. The zero-order chi connectivity index (χ0) is 18.9. The highest BCUT2D eigenvalue weighted by atomic mass is 32.2. The number of rotatable bonds is 5. The van der Waals surface area contributed by atoms with Crippen LogP contribution in [0.4, 0.5) is 0 Å². The zero-order valence-electron chi connectivity index (χ0n) is 15.0. The van der Waals surface area contributed by atoms with Crippen LogP contribution in [0.3, 0.4) is 0 Å². The van der Waals surface area contributed by atoms with Crippen molar-refractivity contribution in [1.29, 1.82) is 0 Å². The van der Waals surface area contributed by atoms with Crippen molar-refractivity contribution < 1.29 is 13.2 Å². The van der Waals surface area contributed by atoms with Crippen molar-refractivity contribution in [1.82, 2.24) is 24.6 Å². The molecule has 0 aliphatic carbocycles. The number of piperazine rings is 1. The fourth-order valence-corrected chi connectivity index (χ4v) is 6.03. The lowest BCUT2D eigenvalue weighted by Gasteiger charge is -2.43. The van der Waals surface area contributed by atoms with Gasteiger partial charge in [0, 0.05) is 57.2 Å². The summed E-state index contributed by atoms with van der Waals surface area (Å²) >= 11 is 0. The van der Waals surface area contributed by atoms with Crippen molar-refractivity contribution in [3.63, 3.8) is 0 Å². The monoisotopic (exact) mass is 389 g/mol. The molecule has 0 radical (unpaired) electrons. The standard InChI is InChI=1S/C18H23N5O3S/c24-18(5-9-22-8-3-7-20-22)23-11-10-21(12-15-4-1-2-6-19-15)16-13-27(25,26)14-17(16)23/h1-4,6-8,16-17H,5,9-14H2. The third kappa shape index (κ3) is 4.03. The van der Waals surface area contributed by atoms with Crippen LogP contribution in [0.2, 0.25) is 0 Å². The van der Waals surface area contributed by atoms with Crippen LogP contribution >= 0.6 is 0 Å². The van der Waals surface area contributed by atoms with Crippen molar-refractivity contribution in [2.75, 3.05) is 24.6 Å². The van der Waals surface area contributed by atoms with Crippen molar-refractivity contribution in [2.24, 2.45) is 0 Å². The third-order valence-electron chi connectivity index (χ3n) is 5.32. The smallest absolute Gasteiger partial charge is 0.224 e. The number of amides is 1. The van der Waals surface area contributed by atoms with Gasteiger partial charge in [-0.05, 0) is 18.2 Å². The molecule has 2 aromatic heterocycles. The third-order valence-corrected chi connectivity index (χ3v) is 7.02. The maximum Gasteiger partial charge on any atom is 0.224 e. The molecule has 0 spiro atoms. The predicted octanol–water partition coefficient (Wildman–Crippen LogP) is 0.178. The highest BCUT2D eigenvalue weighted by molar-refractivity contribution is 7.91. The minimum Gasteiger partial charge on any atom is -0.336 e. The molecule has 2 aliphatic rings. The number of hydrogen-bond donors (Lipinski definition) is 0. The second-order valence-corrected chi connectivity index (χ2v) is 9.26. The second kappa shape index (κ2) is 7.40. The van der Waals surface area contributed by atoms with Crippen LogP contribution in [-0.4, -0.2) is 75.6 Å². The quantitative estimate of drug-likeness (QED) is 0.725. The van der Waals surface area contributed by atoms with Crippen LogP contribution in [0, 0.1) is 0 Å². The first-order valence-corrected chi connectivity index (χ1v) is 11.0. The lowest BCUT2D eigenvalue weighted by atomic mass is 10.0. The van der Waals surface area contributed by atoms with Crippen molar-refractivity contribution >= 4 is 15.7 Å². The second-order valence-electron chi connectivity index (χ2n) is 7.11. The van der Waals surface area contributed by atoms with Crippen LogP contribution in [0.5, 0.6) is 0 Å². The Kier molecular flexibility index (Phi) is 4.96. The Morgan fingerprint density at radius 2 is 1.96 bits per heavy atom. The SMILES string of the molecule is O=C(CCn1cccn1)N1CCN(Cc2ccccn2)C2CS(=O)(=O)CC21. The summed E-state index contributed by atoms with van der Waals surface area (Å²) in [5.74, 6) is 0.146. The summed E-state index contributed by atoms with van der Waals surface area (Å²) in [5.41, 5.74) is 0.916. The summed E-state index contributed by atoms with van der Waals surface area (Å²) < 4.78 is 26.3. The van der Waals surface area contributed by atoms with E-state index in [0.29, 0.717) is 32.6 Å². The molecule has 2 saturated heterocycles. The molecule has 0 bridgehead atoms. The van der Waals surface area contributed by atoms with E-state index in [1.807, 2.05) is 30.5 Å². The van der Waals surface area contributed by atoms with Crippen LogP contribution in [0.15, 0.2) is 42.9 Å². The van der Waals surface area contributed by atoms with Crippen molar-refractivity contribution in [2.45, 2.75) is 31.6 Å². The highest BCUT2D eigenvalue weighted by Gasteiger charge is 2.47. The molecule has 2 aliphatic heterocycles. The van der Waals surface area contributed by atoms with Crippen molar-refractivity contribution in [3.8, 4) is 0 Å². The van der Waals surface area contributed by atoms with Crippen molar-refractivity contribution in [3.05, 3.63) is 48.5 Å². The molecule has 144 valence electrons.